The third kappa shape index (κ3) is 3.27. The number of halogens is 2. The lowest BCUT2D eigenvalue weighted by atomic mass is 9.95. The number of hydrogen-bond donors (Lipinski definition) is 1. The van der Waals surface area contributed by atoms with Crippen LogP contribution in [0.25, 0.3) is 0 Å². The summed E-state index contributed by atoms with van der Waals surface area (Å²) in [6.07, 6.45) is 0. The normalized spacial score (nSPS) is 12.3. The molecule has 0 aliphatic rings. The van der Waals surface area contributed by atoms with Crippen molar-refractivity contribution in [2.75, 3.05) is 14.2 Å². The molecule has 0 spiro atoms. The van der Waals surface area contributed by atoms with Crippen molar-refractivity contribution in [1.82, 2.24) is 5.32 Å². The molecule has 0 aromatic heterocycles. The van der Waals surface area contributed by atoms with E-state index in [9.17, 15) is 4.39 Å². The number of aryl methyl sites for hydroxylation is 2. The molecule has 1 atom stereocenters. The summed E-state index contributed by atoms with van der Waals surface area (Å²) in [5.74, 6) is 0.653. The Morgan fingerprint density at radius 1 is 1.14 bits per heavy atom. The summed E-state index contributed by atoms with van der Waals surface area (Å²) in [6, 6.07) is 9.63. The van der Waals surface area contributed by atoms with E-state index in [1.165, 1.54) is 0 Å². The molecule has 0 aliphatic heterocycles. The lowest BCUT2D eigenvalue weighted by Crippen LogP contribution is -2.19. The van der Waals surface area contributed by atoms with Crippen LogP contribution < -0.4 is 10.1 Å². The van der Waals surface area contributed by atoms with Gasteiger partial charge in [-0.25, -0.2) is 4.39 Å². The maximum absolute atomic E-state index is 13.8. The molecular formula is C17H19BrFNO. The first-order valence-corrected chi connectivity index (χ1v) is 7.54. The van der Waals surface area contributed by atoms with E-state index in [4.69, 9.17) is 4.74 Å². The molecule has 2 rings (SSSR count). The van der Waals surface area contributed by atoms with Crippen LogP contribution in [0.3, 0.4) is 0 Å². The van der Waals surface area contributed by atoms with E-state index in [2.05, 4.69) is 21.2 Å². The molecule has 112 valence electrons. The highest BCUT2D eigenvalue weighted by Gasteiger charge is 2.18. The minimum Gasteiger partial charge on any atom is -0.496 e. The van der Waals surface area contributed by atoms with Crippen LogP contribution in [-0.4, -0.2) is 14.2 Å². The van der Waals surface area contributed by atoms with Gasteiger partial charge in [0.2, 0.25) is 0 Å². The van der Waals surface area contributed by atoms with Crippen molar-refractivity contribution in [1.29, 1.82) is 0 Å². The van der Waals surface area contributed by atoms with E-state index < -0.39 is 0 Å². The number of nitrogens with one attached hydrogen (secondary N) is 1. The minimum absolute atomic E-state index is 0.0500. The number of benzene rings is 2. The Hall–Kier alpha value is -1.39. The van der Waals surface area contributed by atoms with E-state index in [1.807, 2.05) is 37.4 Å². The van der Waals surface area contributed by atoms with Crippen LogP contribution in [0.5, 0.6) is 5.75 Å². The lowest BCUT2D eigenvalue weighted by Gasteiger charge is -2.21. The van der Waals surface area contributed by atoms with Gasteiger partial charge in [0.15, 0.2) is 0 Å². The summed E-state index contributed by atoms with van der Waals surface area (Å²) in [5, 5.41) is 3.28. The average Bonchev–Trinajstić information content (AvgIpc) is 2.46. The zero-order chi connectivity index (χ0) is 15.6. The van der Waals surface area contributed by atoms with Crippen molar-refractivity contribution in [3.05, 3.63) is 62.9 Å². The zero-order valence-electron chi connectivity index (χ0n) is 12.6. The highest BCUT2D eigenvalue weighted by Crippen LogP contribution is 2.33. The van der Waals surface area contributed by atoms with Gasteiger partial charge in [-0.1, -0.05) is 34.1 Å². The molecule has 0 fully saturated rings. The molecule has 0 amide bonds. The molecule has 0 saturated heterocycles. The summed E-state index contributed by atoms with van der Waals surface area (Å²) in [5.41, 5.74) is 3.35. The second-order valence-electron chi connectivity index (χ2n) is 5.08. The molecule has 4 heteroatoms. The van der Waals surface area contributed by atoms with Gasteiger partial charge in [0.1, 0.15) is 11.6 Å². The topological polar surface area (TPSA) is 21.3 Å². The van der Waals surface area contributed by atoms with E-state index in [0.717, 1.165) is 21.3 Å². The zero-order valence-corrected chi connectivity index (χ0v) is 14.2. The molecule has 0 aliphatic carbocycles. The van der Waals surface area contributed by atoms with E-state index in [-0.39, 0.29) is 11.9 Å². The third-order valence-corrected chi connectivity index (χ3v) is 4.08. The molecule has 0 saturated carbocycles. The quantitative estimate of drug-likeness (QED) is 0.873. The minimum atomic E-state index is -0.142. The summed E-state index contributed by atoms with van der Waals surface area (Å²) in [6.45, 7) is 3.58. The van der Waals surface area contributed by atoms with Gasteiger partial charge in [-0.15, -0.1) is 0 Å². The first-order chi connectivity index (χ1) is 9.97. The maximum Gasteiger partial charge on any atom is 0.129 e. The second kappa shape index (κ2) is 6.58. The van der Waals surface area contributed by atoms with Crippen molar-refractivity contribution in [3.63, 3.8) is 0 Å². The Labute approximate surface area is 133 Å². The predicted molar refractivity (Wildman–Crippen MR) is 87.5 cm³/mol. The molecular weight excluding hydrogens is 333 g/mol. The van der Waals surface area contributed by atoms with Crippen LogP contribution in [0.1, 0.15) is 28.3 Å². The number of methoxy groups -OCH3 is 1. The highest BCUT2D eigenvalue weighted by molar-refractivity contribution is 9.10. The molecule has 0 bridgehead atoms. The first-order valence-electron chi connectivity index (χ1n) is 6.75. The van der Waals surface area contributed by atoms with E-state index in [1.54, 1.807) is 21.0 Å². The monoisotopic (exact) mass is 351 g/mol. The summed E-state index contributed by atoms with van der Waals surface area (Å²) < 4.78 is 20.3. The van der Waals surface area contributed by atoms with Crippen molar-refractivity contribution in [2.45, 2.75) is 19.9 Å². The smallest absolute Gasteiger partial charge is 0.129 e. The van der Waals surface area contributed by atoms with Crippen LogP contribution >= 0.6 is 15.9 Å². The van der Waals surface area contributed by atoms with Gasteiger partial charge >= 0.3 is 0 Å². The Balaban J connectivity index is 2.54. The van der Waals surface area contributed by atoms with Gasteiger partial charge in [0.25, 0.3) is 0 Å². The maximum atomic E-state index is 13.8. The van der Waals surface area contributed by atoms with Crippen LogP contribution in [0.15, 0.2) is 34.8 Å². The van der Waals surface area contributed by atoms with Gasteiger partial charge < -0.3 is 10.1 Å². The number of rotatable bonds is 4. The predicted octanol–water partition coefficient (Wildman–Crippen LogP) is 4.52. The second-order valence-corrected chi connectivity index (χ2v) is 5.99. The fourth-order valence-electron chi connectivity index (χ4n) is 2.57. The van der Waals surface area contributed by atoms with Gasteiger partial charge in [0.05, 0.1) is 13.2 Å². The molecule has 21 heavy (non-hydrogen) atoms. The van der Waals surface area contributed by atoms with E-state index >= 15 is 0 Å². The van der Waals surface area contributed by atoms with Crippen LogP contribution in [0, 0.1) is 19.7 Å². The third-order valence-electron chi connectivity index (χ3n) is 3.59. The Kier molecular flexibility index (Phi) is 5.01. The van der Waals surface area contributed by atoms with Crippen LogP contribution in [-0.2, 0) is 0 Å². The molecule has 2 aromatic rings. The Morgan fingerprint density at radius 2 is 1.76 bits per heavy atom. The van der Waals surface area contributed by atoms with E-state index in [0.29, 0.717) is 11.1 Å². The largest absolute Gasteiger partial charge is 0.496 e. The standard InChI is InChI=1S/C17H19BrFNO/c1-10-7-12(8-11(2)16(10)19)17(20-3)14-6-5-13(18)9-15(14)21-4/h5-9,17,20H,1-4H3. The highest BCUT2D eigenvalue weighted by atomic mass is 79.9. The van der Waals surface area contributed by atoms with Crippen LogP contribution in [0.2, 0.25) is 0 Å². The fraction of sp³-hybridized carbons (Fsp3) is 0.294. The Bertz CT molecular complexity index is 634. The summed E-state index contributed by atoms with van der Waals surface area (Å²) in [4.78, 5) is 0. The van der Waals surface area contributed by atoms with Gasteiger partial charge in [-0.05, 0) is 49.7 Å². The first kappa shape index (κ1) is 16.0. The summed E-state index contributed by atoms with van der Waals surface area (Å²) in [7, 11) is 3.54. The molecule has 2 nitrogen and oxygen atoms in total. The van der Waals surface area contributed by atoms with Gasteiger partial charge in [0, 0.05) is 10.0 Å². The lowest BCUT2D eigenvalue weighted by molar-refractivity contribution is 0.405. The van der Waals surface area contributed by atoms with Crippen molar-refractivity contribution < 1.29 is 9.13 Å². The summed E-state index contributed by atoms with van der Waals surface area (Å²) >= 11 is 3.45. The van der Waals surface area contributed by atoms with Crippen molar-refractivity contribution >= 4 is 15.9 Å². The van der Waals surface area contributed by atoms with Crippen molar-refractivity contribution in [2.24, 2.45) is 0 Å². The van der Waals surface area contributed by atoms with Gasteiger partial charge in [-0.3, -0.25) is 0 Å². The van der Waals surface area contributed by atoms with Crippen LogP contribution in [0.4, 0.5) is 4.39 Å². The molecule has 0 radical (unpaired) electrons. The average molecular weight is 352 g/mol. The molecule has 1 unspecified atom stereocenters. The fourth-order valence-corrected chi connectivity index (χ4v) is 2.91. The molecule has 2 aromatic carbocycles. The Morgan fingerprint density at radius 3 is 2.29 bits per heavy atom. The molecule has 1 N–H and O–H groups in total. The SMILES string of the molecule is CNC(c1cc(C)c(F)c(C)c1)c1ccc(Br)cc1OC. The number of hydrogen-bond acceptors (Lipinski definition) is 2. The number of ether oxygens (including phenoxy) is 1. The molecule has 0 heterocycles. The van der Waals surface area contributed by atoms with Gasteiger partial charge in [-0.2, -0.15) is 0 Å². The van der Waals surface area contributed by atoms with Crippen molar-refractivity contribution in [3.8, 4) is 5.75 Å².